The average molecular weight is 284 g/mol. The fourth-order valence-corrected chi connectivity index (χ4v) is 3.10. The third kappa shape index (κ3) is 2.52. The third-order valence-electron chi connectivity index (χ3n) is 4.28. The lowest BCUT2D eigenvalue weighted by atomic mass is 9.92. The van der Waals surface area contributed by atoms with Crippen LogP contribution in [0.15, 0.2) is 42.6 Å². The van der Waals surface area contributed by atoms with E-state index in [9.17, 15) is 5.11 Å². The predicted molar refractivity (Wildman–Crippen MR) is 81.2 cm³/mol. The molecule has 0 aliphatic heterocycles. The Morgan fingerprint density at radius 3 is 2.95 bits per heavy atom. The predicted octanol–water partition coefficient (Wildman–Crippen LogP) is 2.01. The van der Waals surface area contributed by atoms with Crippen LogP contribution in [-0.4, -0.2) is 23.8 Å². The molecule has 2 aromatic rings. The Balaban J connectivity index is 1.83. The van der Waals surface area contributed by atoms with Crippen LogP contribution in [-0.2, 0) is 18.5 Å². The summed E-state index contributed by atoms with van der Waals surface area (Å²) in [4.78, 5) is 4.21. The fourth-order valence-electron chi connectivity index (χ4n) is 3.10. The molecule has 0 radical (unpaired) electrons. The number of methoxy groups -OCH3 is 1. The second-order valence-electron chi connectivity index (χ2n) is 5.42. The first-order valence-electron chi connectivity index (χ1n) is 7.21. The lowest BCUT2D eigenvalue weighted by Gasteiger charge is -2.30. The normalized spacial score (nSPS) is 20.3. The minimum absolute atomic E-state index is 0.0899. The quantitative estimate of drug-likeness (QED) is 0.882. The molecular formula is C17H20N2O2. The molecule has 0 spiro atoms. The van der Waals surface area contributed by atoms with Gasteiger partial charge in [0, 0.05) is 18.3 Å². The molecule has 2 N–H and O–H groups in total. The summed E-state index contributed by atoms with van der Waals surface area (Å²) < 4.78 is 5.28. The van der Waals surface area contributed by atoms with E-state index in [1.807, 2.05) is 18.2 Å². The highest BCUT2D eigenvalue weighted by Crippen LogP contribution is 2.36. The highest BCUT2D eigenvalue weighted by molar-refractivity contribution is 5.39. The third-order valence-corrected chi connectivity index (χ3v) is 4.28. The van der Waals surface area contributed by atoms with E-state index in [2.05, 4.69) is 28.5 Å². The van der Waals surface area contributed by atoms with Gasteiger partial charge in [0.25, 0.3) is 0 Å². The Morgan fingerprint density at radius 1 is 1.29 bits per heavy atom. The van der Waals surface area contributed by atoms with Crippen molar-refractivity contribution < 1.29 is 9.84 Å². The molecule has 0 fully saturated rings. The van der Waals surface area contributed by atoms with Crippen molar-refractivity contribution in [1.82, 2.24) is 10.3 Å². The maximum atomic E-state index is 9.96. The molecule has 110 valence electrons. The summed E-state index contributed by atoms with van der Waals surface area (Å²) in [5, 5.41) is 13.5. The van der Waals surface area contributed by atoms with Crippen molar-refractivity contribution in [2.45, 2.75) is 24.9 Å². The van der Waals surface area contributed by atoms with Crippen molar-refractivity contribution in [2.75, 3.05) is 13.7 Å². The van der Waals surface area contributed by atoms with Crippen molar-refractivity contribution in [1.29, 1.82) is 0 Å². The van der Waals surface area contributed by atoms with E-state index in [0.29, 0.717) is 12.4 Å². The maximum absolute atomic E-state index is 9.96. The molecule has 0 bridgehead atoms. The summed E-state index contributed by atoms with van der Waals surface area (Å²) in [5.41, 5.74) is 3.15. The molecule has 1 atom stereocenters. The van der Waals surface area contributed by atoms with Gasteiger partial charge >= 0.3 is 0 Å². The number of pyridine rings is 1. The van der Waals surface area contributed by atoms with Crippen molar-refractivity contribution >= 4 is 0 Å². The van der Waals surface area contributed by atoms with Gasteiger partial charge in [-0.05, 0) is 30.0 Å². The van der Waals surface area contributed by atoms with Crippen LogP contribution in [0.2, 0.25) is 0 Å². The summed E-state index contributed by atoms with van der Waals surface area (Å²) in [7, 11) is 1.62. The monoisotopic (exact) mass is 284 g/mol. The summed E-state index contributed by atoms with van der Waals surface area (Å²) >= 11 is 0. The lowest BCUT2D eigenvalue weighted by molar-refractivity contribution is 0.158. The molecule has 1 aliphatic carbocycles. The van der Waals surface area contributed by atoms with Gasteiger partial charge in [-0.15, -0.1) is 0 Å². The van der Waals surface area contributed by atoms with Crippen LogP contribution >= 0.6 is 0 Å². The van der Waals surface area contributed by atoms with E-state index in [1.165, 1.54) is 11.1 Å². The van der Waals surface area contributed by atoms with E-state index >= 15 is 0 Å². The number of benzene rings is 1. The van der Waals surface area contributed by atoms with Crippen molar-refractivity contribution in [3.8, 4) is 5.88 Å². The molecule has 0 saturated heterocycles. The molecule has 1 unspecified atom stereocenters. The van der Waals surface area contributed by atoms with Crippen LogP contribution in [0.1, 0.15) is 23.1 Å². The van der Waals surface area contributed by atoms with E-state index in [1.54, 1.807) is 13.3 Å². The summed E-state index contributed by atoms with van der Waals surface area (Å²) in [6.45, 7) is 0.707. The Kier molecular flexibility index (Phi) is 3.90. The second-order valence-corrected chi connectivity index (χ2v) is 5.42. The molecule has 1 aromatic carbocycles. The molecule has 1 aromatic heterocycles. The number of ether oxygens (including phenoxy) is 1. The van der Waals surface area contributed by atoms with E-state index in [0.717, 1.165) is 18.4 Å². The highest BCUT2D eigenvalue weighted by Gasteiger charge is 2.37. The minimum atomic E-state index is -0.364. The molecule has 21 heavy (non-hydrogen) atoms. The number of aliphatic hydroxyl groups is 1. The topological polar surface area (TPSA) is 54.4 Å². The van der Waals surface area contributed by atoms with E-state index in [-0.39, 0.29) is 12.1 Å². The highest BCUT2D eigenvalue weighted by atomic mass is 16.5. The van der Waals surface area contributed by atoms with Crippen molar-refractivity contribution in [3.05, 3.63) is 59.3 Å². The van der Waals surface area contributed by atoms with Crippen LogP contribution in [0.3, 0.4) is 0 Å². The Bertz CT molecular complexity index is 630. The molecular weight excluding hydrogens is 264 g/mol. The Hall–Kier alpha value is -1.91. The first-order valence-corrected chi connectivity index (χ1v) is 7.21. The number of hydrogen-bond donors (Lipinski definition) is 2. The molecule has 1 aliphatic rings. The number of rotatable bonds is 5. The van der Waals surface area contributed by atoms with Gasteiger partial charge < -0.3 is 15.2 Å². The number of hydrogen-bond acceptors (Lipinski definition) is 4. The Labute approximate surface area is 124 Å². The largest absolute Gasteiger partial charge is 0.481 e. The Morgan fingerprint density at radius 2 is 2.14 bits per heavy atom. The SMILES string of the molecule is COc1ncccc1CNC1(CO)CCc2ccccc21. The van der Waals surface area contributed by atoms with Gasteiger partial charge in [-0.2, -0.15) is 0 Å². The molecule has 4 nitrogen and oxygen atoms in total. The summed E-state index contributed by atoms with van der Waals surface area (Å²) in [6, 6.07) is 12.2. The zero-order valence-corrected chi connectivity index (χ0v) is 12.2. The van der Waals surface area contributed by atoms with Crippen molar-refractivity contribution in [2.24, 2.45) is 0 Å². The zero-order valence-electron chi connectivity index (χ0n) is 12.2. The maximum Gasteiger partial charge on any atom is 0.217 e. The zero-order chi connectivity index (χ0) is 14.7. The van der Waals surface area contributed by atoms with Crippen LogP contribution < -0.4 is 10.1 Å². The second kappa shape index (κ2) is 5.84. The number of nitrogens with zero attached hydrogens (tertiary/aromatic N) is 1. The summed E-state index contributed by atoms with van der Waals surface area (Å²) in [5.74, 6) is 0.629. The van der Waals surface area contributed by atoms with Crippen LogP contribution in [0.4, 0.5) is 0 Å². The van der Waals surface area contributed by atoms with Gasteiger partial charge in [0.05, 0.1) is 19.3 Å². The van der Waals surface area contributed by atoms with Crippen LogP contribution in [0, 0.1) is 0 Å². The van der Waals surface area contributed by atoms with Gasteiger partial charge in [0.15, 0.2) is 0 Å². The van der Waals surface area contributed by atoms with E-state index < -0.39 is 0 Å². The summed E-state index contributed by atoms with van der Waals surface area (Å²) in [6.07, 6.45) is 3.62. The van der Waals surface area contributed by atoms with Crippen LogP contribution in [0.5, 0.6) is 5.88 Å². The minimum Gasteiger partial charge on any atom is -0.481 e. The molecule has 3 rings (SSSR count). The molecule has 0 saturated carbocycles. The first-order chi connectivity index (χ1) is 10.3. The van der Waals surface area contributed by atoms with Gasteiger partial charge in [0.2, 0.25) is 5.88 Å². The number of aromatic nitrogens is 1. The fraction of sp³-hybridized carbons (Fsp3) is 0.353. The number of aliphatic hydroxyl groups excluding tert-OH is 1. The number of fused-ring (bicyclic) bond motifs is 1. The molecule has 4 heteroatoms. The van der Waals surface area contributed by atoms with Crippen molar-refractivity contribution in [3.63, 3.8) is 0 Å². The number of aryl methyl sites for hydroxylation is 1. The van der Waals surface area contributed by atoms with Gasteiger partial charge in [-0.3, -0.25) is 0 Å². The lowest BCUT2D eigenvalue weighted by Crippen LogP contribution is -2.43. The average Bonchev–Trinajstić information content (AvgIpc) is 2.93. The standard InChI is InChI=1S/C17H20N2O2/c1-21-16-14(6-4-10-18-16)11-19-17(12-20)9-8-13-5-2-3-7-15(13)17/h2-7,10,19-20H,8-9,11-12H2,1H3. The molecule has 1 heterocycles. The molecule has 0 amide bonds. The smallest absolute Gasteiger partial charge is 0.217 e. The first kappa shape index (κ1) is 14.0. The van der Waals surface area contributed by atoms with Crippen LogP contribution in [0.25, 0.3) is 0 Å². The number of nitrogens with one attached hydrogen (secondary N) is 1. The van der Waals surface area contributed by atoms with Gasteiger partial charge in [-0.25, -0.2) is 4.98 Å². The van der Waals surface area contributed by atoms with E-state index in [4.69, 9.17) is 4.74 Å². The van der Waals surface area contributed by atoms with Gasteiger partial charge in [-0.1, -0.05) is 30.3 Å². The van der Waals surface area contributed by atoms with Gasteiger partial charge in [0.1, 0.15) is 0 Å².